The molecule has 1 aromatic heterocycles. The van der Waals surface area contributed by atoms with Crippen LogP contribution >= 0.6 is 0 Å². The SMILES string of the molecule is COc1ccc2cc3[n+](cc2c1OC)CCc1c-3ccc2c1OCO2.[Cl-]. The van der Waals surface area contributed by atoms with Crippen molar-refractivity contribution >= 4 is 10.8 Å². The molecule has 134 valence electrons. The average molecular weight is 372 g/mol. The first-order valence-electron chi connectivity index (χ1n) is 8.30. The fourth-order valence-corrected chi connectivity index (χ4v) is 3.85. The highest BCUT2D eigenvalue weighted by Gasteiger charge is 2.30. The van der Waals surface area contributed by atoms with Crippen molar-refractivity contribution < 1.29 is 35.9 Å². The van der Waals surface area contributed by atoms with Crippen molar-refractivity contribution in [1.29, 1.82) is 0 Å². The van der Waals surface area contributed by atoms with Gasteiger partial charge in [-0.15, -0.1) is 0 Å². The fourth-order valence-electron chi connectivity index (χ4n) is 3.85. The maximum Gasteiger partial charge on any atom is 0.231 e. The van der Waals surface area contributed by atoms with E-state index in [-0.39, 0.29) is 12.4 Å². The van der Waals surface area contributed by atoms with E-state index in [0.29, 0.717) is 6.79 Å². The molecule has 2 aliphatic rings. The molecular formula is C20H18ClNO4. The van der Waals surface area contributed by atoms with Gasteiger partial charge in [-0.2, -0.15) is 4.57 Å². The van der Waals surface area contributed by atoms with E-state index in [0.717, 1.165) is 46.7 Å². The number of aryl methyl sites for hydroxylation is 1. The van der Waals surface area contributed by atoms with E-state index in [1.54, 1.807) is 14.2 Å². The Morgan fingerprint density at radius 2 is 1.92 bits per heavy atom. The molecule has 3 aromatic rings. The summed E-state index contributed by atoms with van der Waals surface area (Å²) in [6.07, 6.45) is 3.07. The van der Waals surface area contributed by atoms with Crippen molar-refractivity contribution in [2.75, 3.05) is 21.0 Å². The molecule has 5 nitrogen and oxygen atoms in total. The van der Waals surface area contributed by atoms with Crippen molar-refractivity contribution in [3.05, 3.63) is 42.1 Å². The van der Waals surface area contributed by atoms with Gasteiger partial charge in [0.05, 0.1) is 25.2 Å². The largest absolute Gasteiger partial charge is 1.00 e. The van der Waals surface area contributed by atoms with Crippen LogP contribution in [0.25, 0.3) is 22.0 Å². The van der Waals surface area contributed by atoms with Gasteiger partial charge in [0.15, 0.2) is 35.7 Å². The van der Waals surface area contributed by atoms with Gasteiger partial charge < -0.3 is 31.4 Å². The number of hydrogen-bond donors (Lipinski definition) is 0. The van der Waals surface area contributed by atoms with Crippen LogP contribution in [0, 0.1) is 0 Å². The lowest BCUT2D eigenvalue weighted by atomic mass is 9.94. The lowest BCUT2D eigenvalue weighted by molar-refractivity contribution is -0.686. The number of fused-ring (bicyclic) bond motifs is 6. The zero-order valence-electron chi connectivity index (χ0n) is 14.5. The molecule has 0 spiro atoms. The molecule has 0 aliphatic carbocycles. The monoisotopic (exact) mass is 371 g/mol. The van der Waals surface area contributed by atoms with Crippen LogP contribution < -0.4 is 35.9 Å². The highest BCUT2D eigenvalue weighted by molar-refractivity contribution is 5.91. The molecule has 0 unspecified atom stereocenters. The number of hydrogen-bond acceptors (Lipinski definition) is 4. The number of ether oxygens (including phenoxy) is 4. The lowest BCUT2D eigenvalue weighted by Crippen LogP contribution is -3.00. The molecule has 3 heterocycles. The first-order chi connectivity index (χ1) is 12.3. The number of benzene rings is 2. The van der Waals surface area contributed by atoms with E-state index < -0.39 is 0 Å². The minimum atomic E-state index is 0. The third-order valence-electron chi connectivity index (χ3n) is 5.03. The number of pyridine rings is 1. The topological polar surface area (TPSA) is 40.8 Å². The van der Waals surface area contributed by atoms with Crippen molar-refractivity contribution in [3.8, 4) is 34.3 Å². The van der Waals surface area contributed by atoms with Crippen LogP contribution in [0.15, 0.2) is 36.5 Å². The summed E-state index contributed by atoms with van der Waals surface area (Å²) in [5.74, 6) is 3.26. The summed E-state index contributed by atoms with van der Waals surface area (Å²) < 4.78 is 24.5. The molecule has 6 heteroatoms. The summed E-state index contributed by atoms with van der Waals surface area (Å²) in [5.41, 5.74) is 3.61. The Labute approximate surface area is 157 Å². The summed E-state index contributed by atoms with van der Waals surface area (Å²) in [5, 5.41) is 2.17. The molecule has 0 fully saturated rings. The summed E-state index contributed by atoms with van der Waals surface area (Å²) in [6.45, 7) is 1.19. The van der Waals surface area contributed by atoms with Crippen molar-refractivity contribution in [3.63, 3.8) is 0 Å². The quantitative estimate of drug-likeness (QED) is 0.599. The van der Waals surface area contributed by atoms with Crippen LogP contribution in [0.5, 0.6) is 23.0 Å². The molecule has 0 saturated carbocycles. The molecule has 0 bridgehead atoms. The van der Waals surface area contributed by atoms with Gasteiger partial charge in [-0.25, -0.2) is 0 Å². The first-order valence-corrected chi connectivity index (χ1v) is 8.30. The van der Waals surface area contributed by atoms with Crippen LogP contribution in [-0.2, 0) is 13.0 Å². The number of rotatable bonds is 2. The number of halogens is 1. The van der Waals surface area contributed by atoms with Gasteiger partial charge in [0, 0.05) is 18.1 Å². The average Bonchev–Trinajstić information content (AvgIpc) is 3.14. The predicted octanol–water partition coefficient (Wildman–Crippen LogP) is 0.100. The van der Waals surface area contributed by atoms with Gasteiger partial charge in [0.2, 0.25) is 12.5 Å². The molecule has 0 atom stereocenters. The van der Waals surface area contributed by atoms with Gasteiger partial charge >= 0.3 is 0 Å². The summed E-state index contributed by atoms with van der Waals surface area (Å²) in [7, 11) is 3.34. The molecule has 5 rings (SSSR count). The second-order valence-electron chi connectivity index (χ2n) is 6.23. The van der Waals surface area contributed by atoms with Gasteiger partial charge in [-0.3, -0.25) is 0 Å². The Hall–Kier alpha value is -2.66. The fraction of sp³-hybridized carbons (Fsp3) is 0.250. The third kappa shape index (κ3) is 2.27. The molecule has 0 radical (unpaired) electrons. The van der Waals surface area contributed by atoms with Crippen LogP contribution in [0.3, 0.4) is 0 Å². The summed E-state index contributed by atoms with van der Waals surface area (Å²) in [6, 6.07) is 10.3. The Morgan fingerprint density at radius 1 is 1.04 bits per heavy atom. The molecule has 0 N–H and O–H groups in total. The van der Waals surface area contributed by atoms with E-state index in [9.17, 15) is 0 Å². The zero-order valence-corrected chi connectivity index (χ0v) is 15.3. The molecule has 0 saturated heterocycles. The highest BCUT2D eigenvalue weighted by atomic mass is 35.5. The van der Waals surface area contributed by atoms with Crippen molar-refractivity contribution in [2.24, 2.45) is 0 Å². The maximum absolute atomic E-state index is 5.70. The molecule has 0 amide bonds. The normalized spacial score (nSPS) is 13.6. The van der Waals surface area contributed by atoms with E-state index >= 15 is 0 Å². The van der Waals surface area contributed by atoms with E-state index in [4.69, 9.17) is 18.9 Å². The summed E-state index contributed by atoms with van der Waals surface area (Å²) >= 11 is 0. The standard InChI is InChI=1S/C20H18NO4.ClH/c1-22-17-5-3-12-9-16-13-4-6-18-20(25-11-24-18)14(13)7-8-21(16)10-15(12)19(17)23-2;/h3-6,9-10H,7-8,11H2,1-2H3;1H/q+1;/p-1. The molecule has 26 heavy (non-hydrogen) atoms. The van der Waals surface area contributed by atoms with Crippen LogP contribution in [-0.4, -0.2) is 21.0 Å². The van der Waals surface area contributed by atoms with Gasteiger partial charge in [-0.1, -0.05) is 0 Å². The van der Waals surface area contributed by atoms with Crippen molar-refractivity contribution in [2.45, 2.75) is 13.0 Å². The second kappa shape index (κ2) is 6.25. The minimum absolute atomic E-state index is 0. The summed E-state index contributed by atoms with van der Waals surface area (Å²) in [4.78, 5) is 0. The number of nitrogens with zero attached hydrogens (tertiary/aromatic N) is 1. The van der Waals surface area contributed by atoms with Crippen LogP contribution in [0.2, 0.25) is 0 Å². The predicted molar refractivity (Wildman–Crippen MR) is 92.5 cm³/mol. The molecule has 2 aromatic carbocycles. The number of aromatic nitrogens is 1. The van der Waals surface area contributed by atoms with Crippen molar-refractivity contribution in [1.82, 2.24) is 0 Å². The van der Waals surface area contributed by atoms with E-state index in [1.807, 2.05) is 12.1 Å². The Balaban J connectivity index is 0.00000168. The minimum Gasteiger partial charge on any atom is -1.00 e. The first kappa shape index (κ1) is 16.8. The maximum atomic E-state index is 5.70. The Kier molecular flexibility index (Phi) is 4.04. The zero-order chi connectivity index (χ0) is 17.0. The lowest BCUT2D eigenvalue weighted by Gasteiger charge is -2.18. The highest BCUT2D eigenvalue weighted by Crippen LogP contribution is 2.43. The van der Waals surface area contributed by atoms with E-state index in [2.05, 4.69) is 29.0 Å². The van der Waals surface area contributed by atoms with Gasteiger partial charge in [-0.05, 0) is 29.7 Å². The van der Waals surface area contributed by atoms with Crippen LogP contribution in [0.1, 0.15) is 5.56 Å². The van der Waals surface area contributed by atoms with Gasteiger partial charge in [0.1, 0.15) is 0 Å². The molecular weight excluding hydrogens is 354 g/mol. The third-order valence-corrected chi connectivity index (χ3v) is 5.03. The van der Waals surface area contributed by atoms with Gasteiger partial charge in [0.25, 0.3) is 0 Å². The smallest absolute Gasteiger partial charge is 0.231 e. The molecule has 2 aliphatic heterocycles. The van der Waals surface area contributed by atoms with Crippen LogP contribution in [0.4, 0.5) is 0 Å². The van der Waals surface area contributed by atoms with E-state index in [1.165, 1.54) is 16.8 Å². The Morgan fingerprint density at radius 3 is 2.73 bits per heavy atom. The number of methoxy groups -OCH3 is 2. The second-order valence-corrected chi connectivity index (χ2v) is 6.23. The Bertz CT molecular complexity index is 1020.